The van der Waals surface area contributed by atoms with Crippen LogP contribution in [-0.2, 0) is 16.6 Å². The number of hydrogen-bond acceptors (Lipinski definition) is 4. The maximum Gasteiger partial charge on any atom is 0.244 e. The molecule has 1 aromatic carbocycles. The van der Waals surface area contributed by atoms with Crippen LogP contribution in [0.3, 0.4) is 0 Å². The summed E-state index contributed by atoms with van der Waals surface area (Å²) in [6, 6.07) is 4.91. The average molecular weight is 363 g/mol. The van der Waals surface area contributed by atoms with E-state index < -0.39 is 10.0 Å². The molecule has 1 fully saturated rings. The predicted octanol–water partition coefficient (Wildman–Crippen LogP) is 1.27. The third-order valence-corrected chi connectivity index (χ3v) is 6.37. The van der Waals surface area contributed by atoms with Crippen LogP contribution in [0.5, 0.6) is 0 Å². The van der Waals surface area contributed by atoms with Gasteiger partial charge in [-0.1, -0.05) is 6.07 Å². The molecule has 1 aromatic rings. The third kappa shape index (κ3) is 3.40. The lowest BCUT2D eigenvalue weighted by Gasteiger charge is -2.21. The predicted molar refractivity (Wildman–Crippen MR) is 80.9 cm³/mol. The van der Waals surface area contributed by atoms with Crippen molar-refractivity contribution in [2.45, 2.75) is 17.9 Å². The van der Waals surface area contributed by atoms with Crippen molar-refractivity contribution in [1.29, 1.82) is 0 Å². The first-order valence-corrected chi connectivity index (χ1v) is 8.76. The molecule has 7 heteroatoms. The van der Waals surface area contributed by atoms with Crippen LogP contribution in [0.15, 0.2) is 27.6 Å². The number of nitrogens with zero attached hydrogens (tertiary/aromatic N) is 2. The van der Waals surface area contributed by atoms with Gasteiger partial charge in [0, 0.05) is 24.1 Å². The molecule has 0 aromatic heterocycles. The van der Waals surface area contributed by atoms with Crippen LogP contribution < -0.4 is 0 Å². The molecule has 0 spiro atoms. The Morgan fingerprint density at radius 2 is 2.00 bits per heavy atom. The second-order valence-corrected chi connectivity index (χ2v) is 7.74. The van der Waals surface area contributed by atoms with Crippen LogP contribution in [0.2, 0.25) is 0 Å². The molecule has 1 N–H and O–H groups in total. The summed E-state index contributed by atoms with van der Waals surface area (Å²) >= 11 is 3.30. The van der Waals surface area contributed by atoms with Crippen molar-refractivity contribution in [3.05, 3.63) is 28.2 Å². The molecule has 0 saturated carbocycles. The van der Waals surface area contributed by atoms with Gasteiger partial charge in [-0.15, -0.1) is 0 Å². The van der Waals surface area contributed by atoms with E-state index in [-0.39, 0.29) is 11.5 Å². The Labute approximate surface area is 128 Å². The molecule has 0 aliphatic carbocycles. The van der Waals surface area contributed by atoms with Gasteiger partial charge in [0.15, 0.2) is 0 Å². The summed E-state index contributed by atoms with van der Waals surface area (Å²) in [4.78, 5) is 2.36. The Hall–Kier alpha value is -0.470. The zero-order chi connectivity index (χ0) is 14.8. The van der Waals surface area contributed by atoms with E-state index in [1.54, 1.807) is 12.1 Å². The Kier molecular flexibility index (Phi) is 5.19. The Balaban J connectivity index is 2.34. The van der Waals surface area contributed by atoms with Crippen molar-refractivity contribution < 1.29 is 13.5 Å². The number of likely N-dealkylation sites (N-methyl/N-ethyl adjacent to an activating group) is 1. The standard InChI is InChI=1S/C13H19BrN2O3S/c1-15-5-2-6-16(8-7-15)20(18,19)13-9-11(10-17)3-4-12(13)14/h3-4,9,17H,2,5-8,10H2,1H3. The van der Waals surface area contributed by atoms with Crippen LogP contribution in [0.4, 0.5) is 0 Å². The van der Waals surface area contributed by atoms with E-state index in [0.717, 1.165) is 19.5 Å². The van der Waals surface area contributed by atoms with Gasteiger partial charge in [-0.3, -0.25) is 0 Å². The highest BCUT2D eigenvalue weighted by molar-refractivity contribution is 9.10. The molecule has 112 valence electrons. The van der Waals surface area contributed by atoms with Crippen LogP contribution in [-0.4, -0.2) is 56.0 Å². The molecule has 1 aliphatic rings. The molecule has 5 nitrogen and oxygen atoms in total. The van der Waals surface area contributed by atoms with E-state index >= 15 is 0 Å². The quantitative estimate of drug-likeness (QED) is 0.879. The fourth-order valence-electron chi connectivity index (χ4n) is 2.25. The smallest absolute Gasteiger partial charge is 0.244 e. The first-order valence-electron chi connectivity index (χ1n) is 6.53. The topological polar surface area (TPSA) is 60.9 Å². The van der Waals surface area contributed by atoms with Gasteiger partial charge in [-0.05, 0) is 53.6 Å². The lowest BCUT2D eigenvalue weighted by Crippen LogP contribution is -2.34. The number of rotatable bonds is 3. The Morgan fingerprint density at radius 3 is 2.70 bits per heavy atom. The van der Waals surface area contributed by atoms with E-state index in [1.807, 2.05) is 7.05 Å². The summed E-state index contributed by atoms with van der Waals surface area (Å²) in [5, 5.41) is 9.18. The maximum absolute atomic E-state index is 12.7. The highest BCUT2D eigenvalue weighted by atomic mass is 79.9. The molecular formula is C13H19BrN2O3S. The van der Waals surface area contributed by atoms with E-state index in [0.29, 0.717) is 23.1 Å². The van der Waals surface area contributed by atoms with Gasteiger partial charge in [-0.25, -0.2) is 8.42 Å². The van der Waals surface area contributed by atoms with Crippen LogP contribution in [0.25, 0.3) is 0 Å². The molecule has 2 rings (SSSR count). The number of halogens is 1. The minimum atomic E-state index is -3.52. The number of sulfonamides is 1. The van der Waals surface area contributed by atoms with E-state index in [4.69, 9.17) is 0 Å². The Bertz CT molecular complexity index is 577. The zero-order valence-electron chi connectivity index (χ0n) is 11.4. The number of benzene rings is 1. The number of aliphatic hydroxyl groups is 1. The van der Waals surface area contributed by atoms with Crippen LogP contribution in [0, 0.1) is 0 Å². The summed E-state index contributed by atoms with van der Waals surface area (Å²) in [6.07, 6.45) is 0.826. The zero-order valence-corrected chi connectivity index (χ0v) is 13.8. The SMILES string of the molecule is CN1CCCN(S(=O)(=O)c2cc(CO)ccc2Br)CC1. The van der Waals surface area contributed by atoms with Gasteiger partial charge < -0.3 is 10.0 Å². The van der Waals surface area contributed by atoms with E-state index in [2.05, 4.69) is 20.8 Å². The van der Waals surface area contributed by atoms with Gasteiger partial charge in [-0.2, -0.15) is 4.31 Å². The molecule has 0 unspecified atom stereocenters. The summed E-state index contributed by atoms with van der Waals surface area (Å²) in [7, 11) is -1.52. The molecular weight excluding hydrogens is 344 g/mol. The first-order chi connectivity index (χ1) is 9.45. The minimum Gasteiger partial charge on any atom is -0.392 e. The van der Waals surface area contributed by atoms with Crippen molar-refractivity contribution >= 4 is 26.0 Å². The molecule has 0 bridgehead atoms. The molecule has 20 heavy (non-hydrogen) atoms. The van der Waals surface area contributed by atoms with Gasteiger partial charge in [0.25, 0.3) is 0 Å². The van der Waals surface area contributed by atoms with Crippen molar-refractivity contribution in [1.82, 2.24) is 9.21 Å². The fraction of sp³-hybridized carbons (Fsp3) is 0.538. The van der Waals surface area contributed by atoms with Crippen LogP contribution in [0.1, 0.15) is 12.0 Å². The number of aliphatic hydroxyl groups excluding tert-OH is 1. The normalized spacial score (nSPS) is 18.9. The Morgan fingerprint density at radius 1 is 1.25 bits per heavy atom. The third-order valence-electron chi connectivity index (χ3n) is 3.47. The summed E-state index contributed by atoms with van der Waals surface area (Å²) in [5.74, 6) is 0. The largest absolute Gasteiger partial charge is 0.392 e. The van der Waals surface area contributed by atoms with E-state index in [1.165, 1.54) is 10.4 Å². The van der Waals surface area contributed by atoms with Crippen LogP contribution >= 0.6 is 15.9 Å². The second kappa shape index (κ2) is 6.53. The first kappa shape index (κ1) is 15.9. The fourth-order valence-corrected chi connectivity index (χ4v) is 4.69. The minimum absolute atomic E-state index is 0.168. The lowest BCUT2D eigenvalue weighted by atomic mass is 10.2. The molecule has 0 atom stereocenters. The van der Waals surface area contributed by atoms with Crippen molar-refractivity contribution in [2.75, 3.05) is 33.2 Å². The highest BCUT2D eigenvalue weighted by Crippen LogP contribution is 2.27. The van der Waals surface area contributed by atoms with Crippen molar-refractivity contribution in [3.63, 3.8) is 0 Å². The lowest BCUT2D eigenvalue weighted by molar-refractivity contribution is 0.281. The average Bonchev–Trinajstić information content (AvgIpc) is 2.64. The van der Waals surface area contributed by atoms with Crippen molar-refractivity contribution in [2.24, 2.45) is 0 Å². The summed E-state index contributed by atoms with van der Waals surface area (Å²) < 4.78 is 27.5. The molecule has 1 heterocycles. The monoisotopic (exact) mass is 362 g/mol. The molecule has 0 amide bonds. The van der Waals surface area contributed by atoms with Crippen molar-refractivity contribution in [3.8, 4) is 0 Å². The van der Waals surface area contributed by atoms with Gasteiger partial charge in [0.2, 0.25) is 10.0 Å². The maximum atomic E-state index is 12.7. The second-order valence-electron chi connectivity index (χ2n) is 4.98. The van der Waals surface area contributed by atoms with Gasteiger partial charge in [0.1, 0.15) is 0 Å². The summed E-state index contributed by atoms with van der Waals surface area (Å²) in [6.45, 7) is 2.50. The highest BCUT2D eigenvalue weighted by Gasteiger charge is 2.28. The number of hydrogen-bond donors (Lipinski definition) is 1. The molecule has 1 aliphatic heterocycles. The van der Waals surface area contributed by atoms with E-state index in [9.17, 15) is 13.5 Å². The molecule has 0 radical (unpaired) electrons. The summed E-state index contributed by atoms with van der Waals surface area (Å²) in [5.41, 5.74) is 0.596. The van der Waals surface area contributed by atoms with Gasteiger partial charge in [0.05, 0.1) is 11.5 Å². The molecule has 1 saturated heterocycles. The van der Waals surface area contributed by atoms with Gasteiger partial charge >= 0.3 is 0 Å².